The molecule has 0 saturated heterocycles. The highest BCUT2D eigenvalue weighted by Gasteiger charge is 2.04. The Morgan fingerprint density at radius 2 is 2.06 bits per heavy atom. The molecule has 2 rings (SSSR count). The van der Waals surface area contributed by atoms with Crippen molar-refractivity contribution in [3.05, 3.63) is 42.0 Å². The number of para-hydroxylation sites is 1. The summed E-state index contributed by atoms with van der Waals surface area (Å²) in [7, 11) is 0. The number of anilines is 3. The molecule has 0 radical (unpaired) electrons. The molecule has 4 nitrogen and oxygen atoms in total. The normalized spacial score (nSPS) is 10.1. The quantitative estimate of drug-likeness (QED) is 0.811. The maximum absolute atomic E-state index is 13.3. The van der Waals surface area contributed by atoms with Gasteiger partial charge in [0.2, 0.25) is 5.95 Å². The Kier molecular flexibility index (Phi) is 2.68. The van der Waals surface area contributed by atoms with Gasteiger partial charge in [-0.05, 0) is 19.1 Å². The first-order valence-corrected chi connectivity index (χ1v) is 4.77. The van der Waals surface area contributed by atoms with E-state index in [4.69, 9.17) is 5.73 Å². The summed E-state index contributed by atoms with van der Waals surface area (Å²) in [6, 6.07) is 6.34. The number of benzene rings is 1. The molecule has 0 amide bonds. The highest BCUT2D eigenvalue weighted by atomic mass is 19.1. The van der Waals surface area contributed by atoms with E-state index in [0.717, 1.165) is 0 Å². The van der Waals surface area contributed by atoms with Crippen molar-refractivity contribution in [1.29, 1.82) is 0 Å². The van der Waals surface area contributed by atoms with Gasteiger partial charge in [-0.3, -0.25) is 0 Å². The minimum Gasteiger partial charge on any atom is -0.396 e. The molecule has 0 unspecified atom stereocenters. The van der Waals surface area contributed by atoms with Crippen molar-refractivity contribution in [3.63, 3.8) is 0 Å². The standard InChI is InChI=1S/C11H11FN4/c1-7-9(13)6-14-11(15-7)16-10-5-3-2-4-8(10)12/h2-6H,13H2,1H3,(H,14,15,16). The smallest absolute Gasteiger partial charge is 0.227 e. The lowest BCUT2D eigenvalue weighted by atomic mass is 10.3. The lowest BCUT2D eigenvalue weighted by molar-refractivity contribution is 0.631. The molecule has 5 heteroatoms. The summed E-state index contributed by atoms with van der Waals surface area (Å²) in [5, 5.41) is 2.79. The predicted molar refractivity (Wildman–Crippen MR) is 60.9 cm³/mol. The summed E-state index contributed by atoms with van der Waals surface area (Å²) in [4.78, 5) is 8.06. The molecular formula is C11H11FN4. The monoisotopic (exact) mass is 218 g/mol. The second kappa shape index (κ2) is 4.14. The van der Waals surface area contributed by atoms with E-state index in [1.54, 1.807) is 25.1 Å². The minimum absolute atomic E-state index is 0.330. The van der Waals surface area contributed by atoms with Gasteiger partial charge in [-0.2, -0.15) is 0 Å². The van der Waals surface area contributed by atoms with Crippen LogP contribution in [-0.4, -0.2) is 9.97 Å². The number of nitrogen functional groups attached to an aromatic ring is 1. The van der Waals surface area contributed by atoms with Gasteiger partial charge < -0.3 is 11.1 Å². The maximum atomic E-state index is 13.3. The summed E-state index contributed by atoms with van der Waals surface area (Å²) < 4.78 is 13.3. The Morgan fingerprint density at radius 3 is 2.75 bits per heavy atom. The molecule has 1 aromatic heterocycles. The average Bonchev–Trinajstić information content (AvgIpc) is 2.27. The van der Waals surface area contributed by atoms with Gasteiger partial charge >= 0.3 is 0 Å². The van der Waals surface area contributed by atoms with Crippen LogP contribution in [0, 0.1) is 12.7 Å². The zero-order chi connectivity index (χ0) is 11.5. The largest absolute Gasteiger partial charge is 0.396 e. The van der Waals surface area contributed by atoms with Crippen molar-refractivity contribution in [3.8, 4) is 0 Å². The van der Waals surface area contributed by atoms with Crippen molar-refractivity contribution in [2.24, 2.45) is 0 Å². The number of hydrogen-bond acceptors (Lipinski definition) is 4. The van der Waals surface area contributed by atoms with Crippen LogP contribution in [0.5, 0.6) is 0 Å². The highest BCUT2D eigenvalue weighted by Crippen LogP contribution is 2.17. The molecule has 0 aliphatic rings. The Morgan fingerprint density at radius 1 is 1.31 bits per heavy atom. The zero-order valence-corrected chi connectivity index (χ0v) is 8.74. The molecule has 2 aromatic rings. The Bertz CT molecular complexity index is 513. The molecule has 0 saturated carbocycles. The number of halogens is 1. The van der Waals surface area contributed by atoms with Crippen molar-refractivity contribution >= 4 is 17.3 Å². The molecule has 16 heavy (non-hydrogen) atoms. The zero-order valence-electron chi connectivity index (χ0n) is 8.74. The van der Waals surface area contributed by atoms with Crippen LogP contribution in [0.1, 0.15) is 5.69 Å². The molecule has 0 bridgehead atoms. The summed E-state index contributed by atoms with van der Waals surface area (Å²) in [6.45, 7) is 1.77. The van der Waals surface area contributed by atoms with Gasteiger partial charge in [0, 0.05) is 0 Å². The van der Waals surface area contributed by atoms with Crippen LogP contribution in [0.2, 0.25) is 0 Å². The van der Waals surface area contributed by atoms with E-state index in [0.29, 0.717) is 23.0 Å². The second-order valence-electron chi connectivity index (χ2n) is 3.34. The second-order valence-corrected chi connectivity index (χ2v) is 3.34. The van der Waals surface area contributed by atoms with E-state index >= 15 is 0 Å². The van der Waals surface area contributed by atoms with E-state index < -0.39 is 0 Å². The van der Waals surface area contributed by atoms with Crippen LogP contribution in [0.4, 0.5) is 21.7 Å². The van der Waals surface area contributed by atoms with Crippen LogP contribution in [0.3, 0.4) is 0 Å². The van der Waals surface area contributed by atoms with Gasteiger partial charge in [-0.1, -0.05) is 12.1 Å². The SMILES string of the molecule is Cc1nc(Nc2ccccc2F)ncc1N. The van der Waals surface area contributed by atoms with Gasteiger partial charge in [-0.15, -0.1) is 0 Å². The summed E-state index contributed by atoms with van der Waals surface area (Å²) in [6.07, 6.45) is 1.49. The van der Waals surface area contributed by atoms with Crippen molar-refractivity contribution < 1.29 is 4.39 Å². The lowest BCUT2D eigenvalue weighted by Crippen LogP contribution is -2.02. The molecule has 0 atom stereocenters. The van der Waals surface area contributed by atoms with E-state index in [9.17, 15) is 4.39 Å². The average molecular weight is 218 g/mol. The topological polar surface area (TPSA) is 63.8 Å². The molecule has 0 fully saturated rings. The van der Waals surface area contributed by atoms with E-state index in [-0.39, 0.29) is 5.82 Å². The first kappa shape index (κ1) is 10.4. The number of nitrogens with one attached hydrogen (secondary N) is 1. The molecule has 1 aromatic carbocycles. The fraction of sp³-hybridized carbons (Fsp3) is 0.0909. The van der Waals surface area contributed by atoms with E-state index in [1.165, 1.54) is 12.3 Å². The van der Waals surface area contributed by atoms with Gasteiger partial charge in [0.15, 0.2) is 0 Å². The highest BCUT2D eigenvalue weighted by molar-refractivity contribution is 5.55. The molecular weight excluding hydrogens is 207 g/mol. The third kappa shape index (κ3) is 2.08. The third-order valence-electron chi connectivity index (χ3n) is 2.14. The van der Waals surface area contributed by atoms with Crippen LogP contribution in [0.25, 0.3) is 0 Å². The number of aromatic nitrogens is 2. The maximum Gasteiger partial charge on any atom is 0.227 e. The van der Waals surface area contributed by atoms with Crippen LogP contribution in [0.15, 0.2) is 30.5 Å². The number of hydrogen-bond donors (Lipinski definition) is 2. The number of rotatable bonds is 2. The van der Waals surface area contributed by atoms with E-state index in [1.807, 2.05) is 0 Å². The minimum atomic E-state index is -0.347. The fourth-order valence-corrected chi connectivity index (χ4v) is 1.22. The summed E-state index contributed by atoms with van der Waals surface area (Å²) >= 11 is 0. The Labute approximate surface area is 92.3 Å². The van der Waals surface area contributed by atoms with Crippen LogP contribution >= 0.6 is 0 Å². The summed E-state index contributed by atoms with van der Waals surface area (Å²) in [5.41, 5.74) is 7.10. The molecule has 0 aliphatic heterocycles. The van der Waals surface area contributed by atoms with Gasteiger partial charge in [-0.25, -0.2) is 14.4 Å². The predicted octanol–water partition coefficient (Wildman–Crippen LogP) is 2.25. The first-order valence-electron chi connectivity index (χ1n) is 4.77. The molecule has 0 spiro atoms. The third-order valence-corrected chi connectivity index (χ3v) is 2.14. The van der Waals surface area contributed by atoms with Crippen LogP contribution in [-0.2, 0) is 0 Å². The molecule has 1 heterocycles. The number of aryl methyl sites for hydroxylation is 1. The number of nitrogens with two attached hydrogens (primary N) is 1. The van der Waals surface area contributed by atoms with Crippen molar-refractivity contribution in [1.82, 2.24) is 9.97 Å². The van der Waals surface area contributed by atoms with Crippen molar-refractivity contribution in [2.75, 3.05) is 11.1 Å². The number of nitrogens with zero attached hydrogens (tertiary/aromatic N) is 2. The molecule has 0 aliphatic carbocycles. The van der Waals surface area contributed by atoms with Crippen LogP contribution < -0.4 is 11.1 Å². The lowest BCUT2D eigenvalue weighted by Gasteiger charge is -2.06. The molecule has 82 valence electrons. The Hall–Kier alpha value is -2.17. The Balaban J connectivity index is 2.28. The first-order chi connectivity index (χ1) is 7.66. The molecule has 3 N–H and O–H groups in total. The van der Waals surface area contributed by atoms with Gasteiger partial charge in [0.1, 0.15) is 5.82 Å². The summed E-state index contributed by atoms with van der Waals surface area (Å²) in [5.74, 6) is -0.0163. The van der Waals surface area contributed by atoms with Gasteiger partial charge in [0.25, 0.3) is 0 Å². The van der Waals surface area contributed by atoms with E-state index in [2.05, 4.69) is 15.3 Å². The fourth-order valence-electron chi connectivity index (χ4n) is 1.22. The van der Waals surface area contributed by atoms with Crippen molar-refractivity contribution in [2.45, 2.75) is 6.92 Å². The van der Waals surface area contributed by atoms with Gasteiger partial charge in [0.05, 0.1) is 23.3 Å².